The summed E-state index contributed by atoms with van der Waals surface area (Å²) in [4.78, 5) is 11.9. The highest BCUT2D eigenvalue weighted by molar-refractivity contribution is 5.91. The van der Waals surface area contributed by atoms with Crippen LogP contribution in [0, 0.1) is 28.6 Å². The third-order valence-electron chi connectivity index (χ3n) is 9.35. The topological polar surface area (TPSA) is 26.3 Å². The minimum Gasteiger partial charge on any atom is -0.374 e. The average Bonchev–Trinajstić information content (AvgIpc) is 3.15. The van der Waals surface area contributed by atoms with E-state index in [2.05, 4.69) is 13.8 Å². The average molecular weight is 328 g/mol. The van der Waals surface area contributed by atoms with Crippen LogP contribution in [-0.4, -0.2) is 18.0 Å². The van der Waals surface area contributed by atoms with Gasteiger partial charge in [0.25, 0.3) is 0 Å². The van der Waals surface area contributed by atoms with E-state index in [0.29, 0.717) is 16.6 Å². The van der Waals surface area contributed by atoms with Crippen molar-refractivity contribution >= 4 is 5.78 Å². The summed E-state index contributed by atoms with van der Waals surface area (Å²) in [5.74, 6) is 2.90. The molecule has 4 unspecified atom stereocenters. The molecule has 0 aromatic heterocycles. The third-order valence-corrected chi connectivity index (χ3v) is 9.35. The van der Waals surface area contributed by atoms with E-state index < -0.39 is 0 Å². The fourth-order valence-electron chi connectivity index (χ4n) is 8.00. The van der Waals surface area contributed by atoms with Gasteiger partial charge in [-0.05, 0) is 92.4 Å². The van der Waals surface area contributed by atoms with Gasteiger partial charge in [0.15, 0.2) is 5.78 Å². The minimum atomic E-state index is 0.211. The molecule has 6 atom stereocenters. The van der Waals surface area contributed by atoms with Gasteiger partial charge >= 0.3 is 0 Å². The van der Waals surface area contributed by atoms with Crippen molar-refractivity contribution in [2.75, 3.05) is 6.61 Å². The lowest BCUT2D eigenvalue weighted by Gasteiger charge is -2.59. The van der Waals surface area contributed by atoms with E-state index in [0.717, 1.165) is 37.2 Å². The zero-order chi connectivity index (χ0) is 16.6. The van der Waals surface area contributed by atoms with E-state index in [1.54, 1.807) is 0 Å². The van der Waals surface area contributed by atoms with Gasteiger partial charge in [0.05, 0.1) is 5.60 Å². The number of rotatable bonds is 0. The molecule has 1 heterocycles. The quantitative estimate of drug-likeness (QED) is 0.621. The maximum Gasteiger partial charge on any atom is 0.155 e. The molecule has 4 fully saturated rings. The van der Waals surface area contributed by atoms with E-state index in [1.165, 1.54) is 56.9 Å². The molecule has 4 aliphatic carbocycles. The fourth-order valence-corrected chi connectivity index (χ4v) is 8.00. The molecular formula is C22H32O2. The number of fused-ring (bicyclic) bond motifs is 6. The van der Waals surface area contributed by atoms with Gasteiger partial charge in [-0.15, -0.1) is 0 Å². The summed E-state index contributed by atoms with van der Waals surface area (Å²) in [5, 5.41) is 0. The van der Waals surface area contributed by atoms with Gasteiger partial charge in [-0.2, -0.15) is 0 Å². The molecule has 0 amide bonds. The second-order valence-electron chi connectivity index (χ2n) is 9.91. The summed E-state index contributed by atoms with van der Waals surface area (Å²) >= 11 is 0. The van der Waals surface area contributed by atoms with Crippen molar-refractivity contribution in [3.05, 3.63) is 11.6 Å². The Morgan fingerprint density at radius 2 is 1.83 bits per heavy atom. The monoisotopic (exact) mass is 328 g/mol. The summed E-state index contributed by atoms with van der Waals surface area (Å²) in [5.41, 5.74) is 2.42. The normalized spacial score (nSPS) is 53.5. The second-order valence-corrected chi connectivity index (χ2v) is 9.91. The number of ether oxygens (including phenoxy) is 1. The largest absolute Gasteiger partial charge is 0.374 e. The highest BCUT2D eigenvalue weighted by Crippen LogP contribution is 2.69. The van der Waals surface area contributed by atoms with Gasteiger partial charge < -0.3 is 4.74 Å². The molecule has 3 saturated carbocycles. The van der Waals surface area contributed by atoms with Crippen molar-refractivity contribution in [1.82, 2.24) is 0 Å². The van der Waals surface area contributed by atoms with Crippen molar-refractivity contribution in [1.29, 1.82) is 0 Å². The molecule has 0 aromatic carbocycles. The van der Waals surface area contributed by atoms with Crippen molar-refractivity contribution < 1.29 is 9.53 Å². The fraction of sp³-hybridized carbons (Fsp3) is 0.864. The number of carbonyl (C=O) groups is 1. The molecular weight excluding hydrogens is 296 g/mol. The van der Waals surface area contributed by atoms with Crippen molar-refractivity contribution in [3.63, 3.8) is 0 Å². The molecule has 1 aliphatic heterocycles. The second kappa shape index (κ2) is 4.96. The van der Waals surface area contributed by atoms with Crippen LogP contribution in [0.3, 0.4) is 0 Å². The molecule has 5 rings (SSSR count). The van der Waals surface area contributed by atoms with Crippen LogP contribution in [0.25, 0.3) is 0 Å². The van der Waals surface area contributed by atoms with Gasteiger partial charge in [-0.1, -0.05) is 19.4 Å². The Morgan fingerprint density at radius 3 is 2.62 bits per heavy atom. The molecule has 1 spiro atoms. The van der Waals surface area contributed by atoms with Crippen molar-refractivity contribution in [3.8, 4) is 0 Å². The highest BCUT2D eigenvalue weighted by Gasteiger charge is 2.65. The predicted molar refractivity (Wildman–Crippen MR) is 94.6 cm³/mol. The number of ketones is 1. The van der Waals surface area contributed by atoms with Gasteiger partial charge in [0.1, 0.15) is 0 Å². The summed E-state index contributed by atoms with van der Waals surface area (Å²) in [6, 6.07) is 0. The number of hydrogen-bond donors (Lipinski definition) is 0. The van der Waals surface area contributed by atoms with Crippen LogP contribution in [0.2, 0.25) is 0 Å². The van der Waals surface area contributed by atoms with Crippen LogP contribution in [0.4, 0.5) is 0 Å². The first-order valence-electron chi connectivity index (χ1n) is 10.4. The van der Waals surface area contributed by atoms with Crippen LogP contribution in [0.1, 0.15) is 78.1 Å². The number of hydrogen-bond acceptors (Lipinski definition) is 2. The Bertz CT molecular complexity index is 599. The van der Waals surface area contributed by atoms with Crippen molar-refractivity contribution in [2.45, 2.75) is 83.7 Å². The van der Waals surface area contributed by atoms with E-state index in [1.807, 2.05) is 6.08 Å². The molecule has 0 radical (unpaired) electrons. The summed E-state index contributed by atoms with van der Waals surface area (Å²) in [6.07, 6.45) is 14.3. The standard InChI is InChI=1S/C22H32O2/c1-20-10-6-16(23)14-15(20)4-5-17-18(20)7-11-21(2)19(17)8-12-22(21)9-3-13-24-22/h14,17-19H,3-13H2,1-2H3/t17?,18?,19?,20-,21?,22-/m0/s1. The molecule has 1 saturated heterocycles. The molecule has 2 nitrogen and oxygen atoms in total. The molecule has 0 N–H and O–H groups in total. The first-order chi connectivity index (χ1) is 11.5. The van der Waals surface area contributed by atoms with E-state index in [9.17, 15) is 4.79 Å². The number of carbonyl (C=O) groups excluding carboxylic acids is 1. The molecule has 24 heavy (non-hydrogen) atoms. The predicted octanol–water partition coefficient (Wildman–Crippen LogP) is 5.07. The molecule has 0 aromatic rings. The Morgan fingerprint density at radius 1 is 1.00 bits per heavy atom. The van der Waals surface area contributed by atoms with Gasteiger partial charge in [-0.3, -0.25) is 4.79 Å². The third kappa shape index (κ3) is 1.79. The molecule has 0 bridgehead atoms. The zero-order valence-electron chi connectivity index (χ0n) is 15.4. The zero-order valence-corrected chi connectivity index (χ0v) is 15.4. The molecule has 2 heteroatoms. The van der Waals surface area contributed by atoms with Gasteiger partial charge in [-0.25, -0.2) is 0 Å². The summed E-state index contributed by atoms with van der Waals surface area (Å²) in [6.45, 7) is 6.05. The first kappa shape index (κ1) is 15.6. The minimum absolute atomic E-state index is 0.211. The van der Waals surface area contributed by atoms with E-state index in [4.69, 9.17) is 4.74 Å². The maximum atomic E-state index is 11.9. The SMILES string of the molecule is CC12CCC3C(CCC4=CC(=O)CC[C@@]43C)C1CC[C@@]21CCCO1. The first-order valence-corrected chi connectivity index (χ1v) is 10.4. The van der Waals surface area contributed by atoms with E-state index in [-0.39, 0.29) is 5.60 Å². The Balaban J connectivity index is 1.49. The smallest absolute Gasteiger partial charge is 0.155 e. The molecule has 5 aliphatic rings. The van der Waals surface area contributed by atoms with Gasteiger partial charge in [0, 0.05) is 13.0 Å². The Hall–Kier alpha value is -0.630. The Labute approximate surface area is 146 Å². The summed E-state index contributed by atoms with van der Waals surface area (Å²) in [7, 11) is 0. The van der Waals surface area contributed by atoms with Crippen LogP contribution >= 0.6 is 0 Å². The number of allylic oxidation sites excluding steroid dienone is 1. The van der Waals surface area contributed by atoms with E-state index >= 15 is 0 Å². The van der Waals surface area contributed by atoms with Crippen LogP contribution in [0.15, 0.2) is 11.6 Å². The lowest BCUT2D eigenvalue weighted by Crippen LogP contribution is -2.54. The van der Waals surface area contributed by atoms with Crippen LogP contribution in [0.5, 0.6) is 0 Å². The van der Waals surface area contributed by atoms with Crippen LogP contribution < -0.4 is 0 Å². The van der Waals surface area contributed by atoms with Crippen molar-refractivity contribution in [2.24, 2.45) is 28.6 Å². The summed E-state index contributed by atoms with van der Waals surface area (Å²) < 4.78 is 6.44. The van der Waals surface area contributed by atoms with Gasteiger partial charge in [0.2, 0.25) is 0 Å². The lowest BCUT2D eigenvalue weighted by atomic mass is 9.46. The Kier molecular flexibility index (Phi) is 3.23. The lowest BCUT2D eigenvalue weighted by molar-refractivity contribution is -0.136. The molecule has 132 valence electrons. The van der Waals surface area contributed by atoms with Crippen LogP contribution in [-0.2, 0) is 9.53 Å². The maximum absolute atomic E-state index is 11.9. The highest BCUT2D eigenvalue weighted by atomic mass is 16.5.